The summed E-state index contributed by atoms with van der Waals surface area (Å²) in [7, 11) is 0. The Morgan fingerprint density at radius 2 is 1.24 bits per heavy atom. The van der Waals surface area contributed by atoms with Crippen LogP contribution in [0, 0.1) is 11.8 Å². The lowest BCUT2D eigenvalue weighted by Gasteiger charge is -2.19. The lowest BCUT2D eigenvalue weighted by Crippen LogP contribution is -2.31. The van der Waals surface area contributed by atoms with Gasteiger partial charge in [0.05, 0.1) is 28.6 Å². The summed E-state index contributed by atoms with van der Waals surface area (Å²) in [5.41, 5.74) is 2.34. The third kappa shape index (κ3) is 2.03. The molecule has 25 heavy (non-hydrogen) atoms. The van der Waals surface area contributed by atoms with E-state index in [0.29, 0.717) is 5.69 Å². The van der Waals surface area contributed by atoms with Gasteiger partial charge in [0, 0.05) is 10.8 Å². The Kier molecular flexibility index (Phi) is 3.14. The van der Waals surface area contributed by atoms with Crippen molar-refractivity contribution in [2.45, 2.75) is 25.7 Å². The number of hydrogen-bond donors (Lipinski definition) is 0. The molecule has 2 aromatic carbocycles. The quantitative estimate of drug-likeness (QED) is 0.499. The largest absolute Gasteiger partial charge is 0.274 e. The number of aromatic nitrogens is 1. The van der Waals surface area contributed by atoms with Crippen molar-refractivity contribution in [3.8, 4) is 0 Å². The molecule has 0 spiro atoms. The van der Waals surface area contributed by atoms with E-state index in [4.69, 9.17) is 4.98 Å². The highest BCUT2D eigenvalue weighted by molar-refractivity contribution is 6.28. The molecular formula is C21H18N2O2. The average molecular weight is 330 g/mol. The SMILES string of the molecule is O=C1C2CCCCC2C(=O)N1c1c2ccccc2nc2ccccc12. The van der Waals surface area contributed by atoms with E-state index in [2.05, 4.69) is 0 Å². The predicted molar refractivity (Wildman–Crippen MR) is 97.2 cm³/mol. The van der Waals surface area contributed by atoms with Crippen molar-refractivity contribution in [3.63, 3.8) is 0 Å². The number of pyridine rings is 1. The molecule has 2 fully saturated rings. The molecule has 2 heterocycles. The molecule has 5 rings (SSSR count). The van der Waals surface area contributed by atoms with Crippen molar-refractivity contribution in [3.05, 3.63) is 48.5 Å². The molecule has 124 valence electrons. The van der Waals surface area contributed by atoms with Crippen LogP contribution in [0.5, 0.6) is 0 Å². The number of benzene rings is 2. The van der Waals surface area contributed by atoms with Crippen molar-refractivity contribution < 1.29 is 9.59 Å². The van der Waals surface area contributed by atoms with Gasteiger partial charge in [-0.05, 0) is 25.0 Å². The van der Waals surface area contributed by atoms with E-state index < -0.39 is 0 Å². The third-order valence-electron chi connectivity index (χ3n) is 5.62. The Morgan fingerprint density at radius 3 is 1.76 bits per heavy atom. The zero-order valence-corrected chi connectivity index (χ0v) is 13.8. The number of anilines is 1. The highest BCUT2D eigenvalue weighted by Crippen LogP contribution is 2.43. The number of nitrogens with zero attached hydrogens (tertiary/aromatic N) is 2. The number of fused-ring (bicyclic) bond motifs is 3. The summed E-state index contributed by atoms with van der Waals surface area (Å²) in [6, 6.07) is 15.5. The fraction of sp³-hybridized carbons (Fsp3) is 0.286. The van der Waals surface area contributed by atoms with Gasteiger partial charge in [-0.2, -0.15) is 0 Å². The Morgan fingerprint density at radius 1 is 0.760 bits per heavy atom. The summed E-state index contributed by atoms with van der Waals surface area (Å²) < 4.78 is 0. The van der Waals surface area contributed by atoms with Gasteiger partial charge < -0.3 is 0 Å². The van der Waals surface area contributed by atoms with Crippen LogP contribution in [0.15, 0.2) is 48.5 Å². The van der Waals surface area contributed by atoms with Crippen molar-refractivity contribution in [2.24, 2.45) is 11.8 Å². The molecule has 4 nitrogen and oxygen atoms in total. The lowest BCUT2D eigenvalue weighted by atomic mass is 9.81. The van der Waals surface area contributed by atoms with Crippen molar-refractivity contribution >= 4 is 39.3 Å². The van der Waals surface area contributed by atoms with Gasteiger partial charge in [-0.15, -0.1) is 0 Å². The maximum absolute atomic E-state index is 13.1. The molecule has 1 saturated heterocycles. The summed E-state index contributed by atoms with van der Waals surface area (Å²) in [5.74, 6) is -0.355. The predicted octanol–water partition coefficient (Wildman–Crippen LogP) is 4.07. The van der Waals surface area contributed by atoms with Gasteiger partial charge in [-0.1, -0.05) is 49.2 Å². The van der Waals surface area contributed by atoms with Crippen LogP contribution < -0.4 is 4.90 Å². The Hall–Kier alpha value is -2.75. The van der Waals surface area contributed by atoms with Gasteiger partial charge >= 0.3 is 0 Å². The van der Waals surface area contributed by atoms with Crippen LogP contribution in [0.4, 0.5) is 5.69 Å². The molecule has 2 atom stereocenters. The second-order valence-electron chi connectivity index (χ2n) is 7.00. The highest BCUT2D eigenvalue weighted by atomic mass is 16.2. The number of hydrogen-bond acceptors (Lipinski definition) is 3. The second kappa shape index (κ2) is 5.38. The minimum absolute atomic E-state index is 0.0313. The van der Waals surface area contributed by atoms with Crippen LogP contribution in [0.2, 0.25) is 0 Å². The summed E-state index contributed by atoms with van der Waals surface area (Å²) in [4.78, 5) is 32.4. The summed E-state index contributed by atoms with van der Waals surface area (Å²) in [6.07, 6.45) is 3.72. The van der Waals surface area contributed by atoms with Crippen molar-refractivity contribution in [1.82, 2.24) is 4.98 Å². The molecule has 2 amide bonds. The molecule has 0 bridgehead atoms. The zero-order valence-electron chi connectivity index (χ0n) is 13.8. The normalized spacial score (nSPS) is 23.4. The molecule has 0 radical (unpaired) electrons. The smallest absolute Gasteiger partial charge is 0.237 e. The first-order chi connectivity index (χ1) is 12.3. The third-order valence-corrected chi connectivity index (χ3v) is 5.62. The molecule has 3 aromatic rings. The molecule has 1 saturated carbocycles. The molecule has 1 aliphatic carbocycles. The van der Waals surface area contributed by atoms with Crippen molar-refractivity contribution in [2.75, 3.05) is 4.90 Å². The van der Waals surface area contributed by atoms with Crippen LogP contribution in [-0.4, -0.2) is 16.8 Å². The van der Waals surface area contributed by atoms with Crippen LogP contribution in [-0.2, 0) is 9.59 Å². The number of carbonyl (C=O) groups excluding carboxylic acids is 2. The van der Waals surface area contributed by atoms with E-state index in [0.717, 1.165) is 47.5 Å². The van der Waals surface area contributed by atoms with Crippen LogP contribution >= 0.6 is 0 Å². The summed E-state index contributed by atoms with van der Waals surface area (Å²) in [5, 5.41) is 1.73. The standard InChI is InChI=1S/C21H18N2O2/c24-20-13-7-1-2-8-14(13)21(25)23(20)19-15-9-3-5-11-17(15)22-18-12-6-4-10-16(18)19/h3-6,9-14H,1-2,7-8H2. The Balaban J connectivity index is 1.81. The molecule has 1 aromatic heterocycles. The molecule has 0 N–H and O–H groups in total. The van der Waals surface area contributed by atoms with Gasteiger partial charge in [0.2, 0.25) is 11.8 Å². The maximum Gasteiger partial charge on any atom is 0.237 e. The highest BCUT2D eigenvalue weighted by Gasteiger charge is 2.49. The average Bonchev–Trinajstić information content (AvgIpc) is 2.91. The van der Waals surface area contributed by atoms with Crippen LogP contribution in [0.3, 0.4) is 0 Å². The van der Waals surface area contributed by atoms with Gasteiger partial charge in [0.25, 0.3) is 0 Å². The molecular weight excluding hydrogens is 312 g/mol. The Bertz CT molecular complexity index is 949. The first kappa shape index (κ1) is 14.6. The number of imide groups is 1. The fourth-order valence-corrected chi connectivity index (χ4v) is 4.44. The van der Waals surface area contributed by atoms with Gasteiger partial charge in [0.1, 0.15) is 0 Å². The molecule has 1 aliphatic heterocycles. The Labute approximate surface area is 145 Å². The molecule has 2 unspecified atom stereocenters. The number of para-hydroxylation sites is 2. The minimum Gasteiger partial charge on any atom is -0.274 e. The van der Waals surface area contributed by atoms with Crippen LogP contribution in [0.1, 0.15) is 25.7 Å². The number of amides is 2. The first-order valence-corrected chi connectivity index (χ1v) is 8.91. The summed E-state index contributed by atoms with van der Waals surface area (Å²) in [6.45, 7) is 0. The van der Waals surface area contributed by atoms with Gasteiger partial charge in [-0.3, -0.25) is 9.59 Å². The van der Waals surface area contributed by atoms with E-state index in [1.165, 1.54) is 4.90 Å². The first-order valence-electron chi connectivity index (χ1n) is 8.91. The van der Waals surface area contributed by atoms with Gasteiger partial charge in [0.15, 0.2) is 0 Å². The summed E-state index contributed by atoms with van der Waals surface area (Å²) >= 11 is 0. The van der Waals surface area contributed by atoms with E-state index in [1.807, 2.05) is 48.5 Å². The van der Waals surface area contributed by atoms with E-state index in [1.54, 1.807) is 0 Å². The van der Waals surface area contributed by atoms with E-state index >= 15 is 0 Å². The number of carbonyl (C=O) groups is 2. The van der Waals surface area contributed by atoms with E-state index in [-0.39, 0.29) is 23.7 Å². The number of rotatable bonds is 1. The molecule has 2 aliphatic rings. The second-order valence-corrected chi connectivity index (χ2v) is 7.00. The topological polar surface area (TPSA) is 50.3 Å². The lowest BCUT2D eigenvalue weighted by molar-refractivity contribution is -0.122. The maximum atomic E-state index is 13.1. The monoisotopic (exact) mass is 330 g/mol. The van der Waals surface area contributed by atoms with E-state index in [9.17, 15) is 9.59 Å². The fourth-order valence-electron chi connectivity index (χ4n) is 4.44. The zero-order chi connectivity index (χ0) is 17.0. The van der Waals surface area contributed by atoms with Crippen molar-refractivity contribution in [1.29, 1.82) is 0 Å². The van der Waals surface area contributed by atoms with Crippen LogP contribution in [0.25, 0.3) is 21.8 Å². The molecule has 4 heteroatoms. The minimum atomic E-state index is -0.146. The van der Waals surface area contributed by atoms with Gasteiger partial charge in [-0.25, -0.2) is 9.88 Å².